The number of carboxylic acids is 1. The van der Waals surface area contributed by atoms with Gasteiger partial charge in [-0.2, -0.15) is 0 Å². The molecule has 13 heteroatoms. The molecule has 0 bridgehead atoms. The molecule has 3 aromatic rings. The summed E-state index contributed by atoms with van der Waals surface area (Å²) in [6, 6.07) is 5.50. The number of hydrogen-bond donors (Lipinski definition) is 2. The molecule has 2 amide bonds. The number of piperazine rings is 1. The van der Waals surface area contributed by atoms with E-state index in [-0.39, 0.29) is 37.5 Å². The molecule has 2 fully saturated rings. The Morgan fingerprint density at radius 1 is 1.05 bits per heavy atom. The van der Waals surface area contributed by atoms with Crippen LogP contribution in [0.5, 0.6) is 0 Å². The summed E-state index contributed by atoms with van der Waals surface area (Å²) in [5.74, 6) is -7.42. The third kappa shape index (κ3) is 4.92. The minimum absolute atomic E-state index is 0.0669. The number of pyridine rings is 1. The van der Waals surface area contributed by atoms with Gasteiger partial charge in [-0.05, 0) is 38.8 Å². The SMILES string of the molecule is Cc1ccc(N2C(=O)C=C(OC[C@H]3CN(c4c(F)c(F)c5c(=O)c(C(=O)O)cn(C6CC6)c5c4F)C[C@@H](C)N3)C2=O)cc1. The number of benzene rings is 2. The number of carbonyl (C=O) groups excluding carboxylic acids is 2. The van der Waals surface area contributed by atoms with Gasteiger partial charge in [0.15, 0.2) is 23.2 Å². The number of aromatic carboxylic acids is 1. The molecule has 6 rings (SSSR count). The number of carbonyl (C=O) groups is 3. The third-order valence-corrected chi connectivity index (χ3v) is 7.83. The molecule has 0 spiro atoms. The lowest BCUT2D eigenvalue weighted by Gasteiger charge is -2.39. The average Bonchev–Trinajstić information content (AvgIpc) is 3.76. The van der Waals surface area contributed by atoms with Crippen LogP contribution in [-0.4, -0.2) is 59.2 Å². The fourth-order valence-electron chi connectivity index (χ4n) is 5.70. The molecule has 2 aliphatic heterocycles. The van der Waals surface area contributed by atoms with E-state index in [1.54, 1.807) is 31.2 Å². The molecular formula is C30H27F3N4O6. The van der Waals surface area contributed by atoms with Crippen molar-refractivity contribution in [3.63, 3.8) is 0 Å². The molecule has 224 valence electrons. The summed E-state index contributed by atoms with van der Waals surface area (Å²) in [4.78, 5) is 52.2. The van der Waals surface area contributed by atoms with Crippen molar-refractivity contribution < 1.29 is 37.4 Å². The van der Waals surface area contributed by atoms with Gasteiger partial charge in [0, 0.05) is 31.4 Å². The van der Waals surface area contributed by atoms with Gasteiger partial charge in [0.2, 0.25) is 5.43 Å². The van der Waals surface area contributed by atoms with Crippen molar-refractivity contribution in [3.8, 4) is 0 Å². The summed E-state index contributed by atoms with van der Waals surface area (Å²) in [6.45, 7) is 3.46. The van der Waals surface area contributed by atoms with Crippen LogP contribution in [0, 0.1) is 24.4 Å². The molecule has 1 aromatic heterocycles. The lowest BCUT2D eigenvalue weighted by molar-refractivity contribution is -0.121. The molecular weight excluding hydrogens is 569 g/mol. The van der Waals surface area contributed by atoms with Gasteiger partial charge >= 0.3 is 11.9 Å². The minimum Gasteiger partial charge on any atom is -0.486 e. The molecule has 0 unspecified atom stereocenters. The van der Waals surface area contributed by atoms with Crippen molar-refractivity contribution in [2.75, 3.05) is 29.5 Å². The second-order valence-corrected chi connectivity index (χ2v) is 11.1. The third-order valence-electron chi connectivity index (χ3n) is 7.83. The summed E-state index contributed by atoms with van der Waals surface area (Å²) in [5.41, 5.74) is -1.90. The number of nitrogens with zero attached hydrogens (tertiary/aromatic N) is 3. The topological polar surface area (TPSA) is 121 Å². The van der Waals surface area contributed by atoms with Gasteiger partial charge < -0.3 is 24.6 Å². The van der Waals surface area contributed by atoms with Gasteiger partial charge in [-0.25, -0.2) is 22.9 Å². The van der Waals surface area contributed by atoms with E-state index in [0.717, 1.165) is 22.7 Å². The zero-order chi connectivity index (χ0) is 30.7. The molecule has 1 saturated heterocycles. The molecule has 43 heavy (non-hydrogen) atoms. The first-order chi connectivity index (χ1) is 20.5. The van der Waals surface area contributed by atoms with Gasteiger partial charge in [-0.3, -0.25) is 14.4 Å². The number of ether oxygens (including phenoxy) is 1. The van der Waals surface area contributed by atoms with Crippen LogP contribution in [0.2, 0.25) is 0 Å². The van der Waals surface area contributed by atoms with Crippen molar-refractivity contribution in [1.29, 1.82) is 0 Å². The van der Waals surface area contributed by atoms with Crippen LogP contribution >= 0.6 is 0 Å². The van der Waals surface area contributed by atoms with Crippen LogP contribution in [0.4, 0.5) is 24.5 Å². The van der Waals surface area contributed by atoms with Gasteiger partial charge in [-0.15, -0.1) is 0 Å². The fourth-order valence-corrected chi connectivity index (χ4v) is 5.70. The maximum atomic E-state index is 16.2. The van der Waals surface area contributed by atoms with Crippen LogP contribution in [0.3, 0.4) is 0 Å². The Balaban J connectivity index is 1.28. The Morgan fingerprint density at radius 2 is 1.74 bits per heavy atom. The molecule has 2 N–H and O–H groups in total. The lowest BCUT2D eigenvalue weighted by Crippen LogP contribution is -2.57. The standard InChI is InChI=1S/C30H27F3N4O6/c1-14-3-5-18(6-4-14)37-21(38)9-20(29(37)40)43-13-16-11-35(10-15(2)34-16)27-24(32)23(31)22-26(25(27)33)36(17-7-8-17)12-19(28(22)39)30(41)42/h3-6,9,12,15-17,34H,7-8,10-11,13H2,1-2H3,(H,41,42)/t15-,16-/m1/s1. The monoisotopic (exact) mass is 596 g/mol. The van der Waals surface area contributed by atoms with Crippen LogP contribution < -0.4 is 20.5 Å². The second-order valence-electron chi connectivity index (χ2n) is 11.1. The first-order valence-corrected chi connectivity index (χ1v) is 13.8. The molecule has 3 heterocycles. The Bertz CT molecular complexity index is 1780. The van der Waals surface area contributed by atoms with E-state index in [4.69, 9.17) is 4.74 Å². The van der Waals surface area contributed by atoms with E-state index < -0.39 is 68.9 Å². The number of aryl methyl sites for hydroxylation is 1. The zero-order valence-electron chi connectivity index (χ0n) is 23.2. The van der Waals surface area contributed by atoms with Crippen molar-refractivity contribution in [2.45, 2.75) is 44.8 Å². The molecule has 2 atom stereocenters. The molecule has 2 aromatic carbocycles. The Hall–Kier alpha value is -4.65. The van der Waals surface area contributed by atoms with Crippen molar-refractivity contribution >= 4 is 40.1 Å². The number of halogens is 3. The molecule has 0 radical (unpaired) electrons. The van der Waals surface area contributed by atoms with Crippen LogP contribution in [0.15, 0.2) is 47.1 Å². The van der Waals surface area contributed by atoms with Gasteiger partial charge in [0.05, 0.1) is 28.7 Å². The average molecular weight is 597 g/mol. The molecule has 1 saturated carbocycles. The van der Waals surface area contributed by atoms with Crippen LogP contribution in [0.1, 0.15) is 41.7 Å². The van der Waals surface area contributed by atoms with E-state index in [0.29, 0.717) is 18.5 Å². The van der Waals surface area contributed by atoms with E-state index >= 15 is 13.2 Å². The maximum absolute atomic E-state index is 16.2. The number of hydrogen-bond acceptors (Lipinski definition) is 7. The van der Waals surface area contributed by atoms with E-state index in [2.05, 4.69) is 5.32 Å². The zero-order valence-corrected chi connectivity index (χ0v) is 23.2. The van der Waals surface area contributed by atoms with E-state index in [1.807, 2.05) is 6.92 Å². The predicted molar refractivity (Wildman–Crippen MR) is 150 cm³/mol. The summed E-state index contributed by atoms with van der Waals surface area (Å²) in [7, 11) is 0. The maximum Gasteiger partial charge on any atom is 0.341 e. The largest absolute Gasteiger partial charge is 0.486 e. The second kappa shape index (κ2) is 10.6. The first-order valence-electron chi connectivity index (χ1n) is 13.8. The smallest absolute Gasteiger partial charge is 0.341 e. The van der Waals surface area contributed by atoms with Gasteiger partial charge in [-0.1, -0.05) is 17.7 Å². The summed E-state index contributed by atoms with van der Waals surface area (Å²) in [6.07, 6.45) is 3.19. The molecule has 3 aliphatic rings. The number of imide groups is 1. The van der Waals surface area contributed by atoms with Crippen molar-refractivity contribution in [2.24, 2.45) is 0 Å². The quantitative estimate of drug-likeness (QED) is 0.315. The van der Waals surface area contributed by atoms with Gasteiger partial charge in [0.1, 0.15) is 17.9 Å². The van der Waals surface area contributed by atoms with Crippen LogP contribution in [0.25, 0.3) is 10.9 Å². The van der Waals surface area contributed by atoms with Gasteiger partial charge in [0.25, 0.3) is 5.91 Å². The van der Waals surface area contributed by atoms with Crippen molar-refractivity contribution in [3.05, 3.63) is 81.1 Å². The highest BCUT2D eigenvalue weighted by Crippen LogP contribution is 2.41. The number of carboxylic acid groups (broad SMARTS) is 1. The summed E-state index contributed by atoms with van der Waals surface area (Å²) >= 11 is 0. The lowest BCUT2D eigenvalue weighted by atomic mass is 10.1. The molecule has 1 aliphatic carbocycles. The Labute approximate surface area is 242 Å². The highest BCUT2D eigenvalue weighted by Gasteiger charge is 2.37. The van der Waals surface area contributed by atoms with E-state index in [1.165, 1.54) is 9.47 Å². The summed E-state index contributed by atoms with van der Waals surface area (Å²) < 4.78 is 54.1. The fraction of sp³-hybridized carbons (Fsp3) is 0.333. The number of rotatable bonds is 7. The molecule has 10 nitrogen and oxygen atoms in total. The number of fused-ring (bicyclic) bond motifs is 1. The predicted octanol–water partition coefficient (Wildman–Crippen LogP) is 3.40. The van der Waals surface area contributed by atoms with Crippen LogP contribution in [-0.2, 0) is 14.3 Å². The number of amides is 2. The van der Waals surface area contributed by atoms with E-state index in [9.17, 15) is 24.3 Å². The normalized spacial score (nSPS) is 20.6. The first kappa shape index (κ1) is 28.5. The highest BCUT2D eigenvalue weighted by molar-refractivity contribution is 6.29. The summed E-state index contributed by atoms with van der Waals surface area (Å²) in [5, 5.41) is 11.7. The number of anilines is 2. The highest BCUT2D eigenvalue weighted by atomic mass is 19.2. The Kier molecular flexibility index (Phi) is 6.99. The number of aromatic nitrogens is 1. The Morgan fingerprint density at radius 3 is 2.40 bits per heavy atom. The number of nitrogens with one attached hydrogen (secondary N) is 1. The minimum atomic E-state index is -1.62. The van der Waals surface area contributed by atoms with Crippen molar-refractivity contribution in [1.82, 2.24) is 9.88 Å².